The van der Waals surface area contributed by atoms with Crippen molar-refractivity contribution in [1.82, 2.24) is 9.38 Å². The summed E-state index contributed by atoms with van der Waals surface area (Å²) in [5, 5.41) is 11.1. The molecular weight excluding hydrogens is 226 g/mol. The Bertz CT molecular complexity index is 731. The van der Waals surface area contributed by atoms with E-state index in [1.165, 1.54) is 0 Å². The third-order valence-electron chi connectivity index (χ3n) is 3.20. The number of nitrogens with two attached hydrogens (primary N) is 1. The summed E-state index contributed by atoms with van der Waals surface area (Å²) in [6, 6.07) is 9.38. The minimum absolute atomic E-state index is 0.257. The smallest absolute Gasteiger partial charge is 0.145 e. The highest BCUT2D eigenvalue weighted by molar-refractivity contribution is 5.88. The molecule has 4 heteroatoms. The van der Waals surface area contributed by atoms with Gasteiger partial charge in [0.25, 0.3) is 0 Å². The van der Waals surface area contributed by atoms with Gasteiger partial charge in [-0.15, -0.1) is 0 Å². The highest BCUT2D eigenvalue weighted by atomic mass is 16.3. The van der Waals surface area contributed by atoms with E-state index in [4.69, 9.17) is 5.73 Å². The van der Waals surface area contributed by atoms with Gasteiger partial charge in [-0.2, -0.15) is 0 Å². The van der Waals surface area contributed by atoms with E-state index in [1.807, 2.05) is 28.7 Å². The number of nitrogen functional groups attached to an aromatic ring is 1. The summed E-state index contributed by atoms with van der Waals surface area (Å²) < 4.78 is 1.96. The fraction of sp³-hybridized carbons (Fsp3) is 0.214. The zero-order valence-electron chi connectivity index (χ0n) is 10.2. The summed E-state index contributed by atoms with van der Waals surface area (Å²) in [4.78, 5) is 4.35. The molecule has 92 valence electrons. The molecule has 1 aromatic carbocycles. The number of hydrogen-bond donors (Lipinski definition) is 2. The number of nitrogens with zero attached hydrogens (tertiary/aromatic N) is 2. The number of fused-ring (bicyclic) bond motifs is 3. The number of phenols is 1. The molecule has 2 aromatic heterocycles. The summed E-state index contributed by atoms with van der Waals surface area (Å²) in [5.74, 6) is 0.806. The lowest BCUT2D eigenvalue weighted by Crippen LogP contribution is -1.98. The minimum atomic E-state index is 0.257. The molecule has 0 atom stereocenters. The van der Waals surface area contributed by atoms with Crippen LogP contribution in [-0.4, -0.2) is 14.5 Å². The Hall–Kier alpha value is -2.23. The van der Waals surface area contributed by atoms with Crippen LogP contribution < -0.4 is 5.73 Å². The molecule has 18 heavy (non-hydrogen) atoms. The van der Waals surface area contributed by atoms with Crippen molar-refractivity contribution in [1.29, 1.82) is 0 Å². The Morgan fingerprint density at radius 2 is 2.11 bits per heavy atom. The largest absolute Gasteiger partial charge is 0.506 e. The van der Waals surface area contributed by atoms with Crippen LogP contribution in [0.4, 0.5) is 5.82 Å². The molecule has 0 aliphatic rings. The van der Waals surface area contributed by atoms with Gasteiger partial charge in [0.2, 0.25) is 0 Å². The number of phenolic OH excluding ortho intramolecular Hbond substituents is 1. The molecule has 3 rings (SSSR count). The second-order valence-electron chi connectivity index (χ2n) is 4.44. The quantitative estimate of drug-likeness (QED) is 0.725. The van der Waals surface area contributed by atoms with E-state index in [0.29, 0.717) is 5.82 Å². The number of pyridine rings is 1. The molecule has 3 N–H and O–H groups in total. The van der Waals surface area contributed by atoms with E-state index in [2.05, 4.69) is 11.9 Å². The third kappa shape index (κ3) is 1.42. The summed E-state index contributed by atoms with van der Waals surface area (Å²) in [5.41, 5.74) is 8.50. The van der Waals surface area contributed by atoms with Crippen LogP contribution in [0.3, 0.4) is 0 Å². The lowest BCUT2D eigenvalue weighted by Gasteiger charge is -2.07. The second kappa shape index (κ2) is 3.91. The van der Waals surface area contributed by atoms with Crippen molar-refractivity contribution in [3.8, 4) is 5.75 Å². The van der Waals surface area contributed by atoms with Crippen molar-refractivity contribution in [3.63, 3.8) is 0 Å². The first-order chi connectivity index (χ1) is 8.72. The van der Waals surface area contributed by atoms with Gasteiger partial charge in [-0.3, -0.25) is 4.40 Å². The van der Waals surface area contributed by atoms with Crippen LogP contribution in [0.15, 0.2) is 30.3 Å². The topological polar surface area (TPSA) is 63.5 Å². The van der Waals surface area contributed by atoms with Gasteiger partial charge in [0.15, 0.2) is 0 Å². The van der Waals surface area contributed by atoms with E-state index in [0.717, 1.165) is 35.1 Å². The summed E-state index contributed by atoms with van der Waals surface area (Å²) >= 11 is 0. The first kappa shape index (κ1) is 10.9. The predicted octanol–water partition coefficient (Wildman–Crippen LogP) is 2.73. The molecule has 0 radical (unpaired) electrons. The Morgan fingerprint density at radius 3 is 2.89 bits per heavy atom. The molecule has 0 spiro atoms. The fourth-order valence-electron chi connectivity index (χ4n) is 2.42. The van der Waals surface area contributed by atoms with E-state index in [9.17, 15) is 5.11 Å². The van der Waals surface area contributed by atoms with Crippen LogP contribution in [0, 0.1) is 0 Å². The molecule has 0 aliphatic carbocycles. The lowest BCUT2D eigenvalue weighted by molar-refractivity contribution is 0.479. The normalized spacial score (nSPS) is 11.4. The van der Waals surface area contributed by atoms with Gasteiger partial charge in [-0.05, 0) is 24.6 Å². The first-order valence-corrected chi connectivity index (χ1v) is 6.10. The third-order valence-corrected chi connectivity index (χ3v) is 3.20. The highest BCUT2D eigenvalue weighted by Crippen LogP contribution is 2.29. The van der Waals surface area contributed by atoms with Gasteiger partial charge in [0.1, 0.15) is 17.2 Å². The molecule has 0 unspecified atom stereocenters. The number of aromatic nitrogens is 2. The number of aromatic hydroxyl groups is 1. The number of aryl methyl sites for hydroxylation is 1. The first-order valence-electron chi connectivity index (χ1n) is 6.10. The molecule has 0 bridgehead atoms. The monoisotopic (exact) mass is 241 g/mol. The van der Waals surface area contributed by atoms with E-state index >= 15 is 0 Å². The molecule has 0 saturated heterocycles. The Morgan fingerprint density at radius 1 is 1.28 bits per heavy atom. The van der Waals surface area contributed by atoms with Crippen molar-refractivity contribution in [2.45, 2.75) is 19.8 Å². The molecule has 2 heterocycles. The maximum absolute atomic E-state index is 10.1. The van der Waals surface area contributed by atoms with Gasteiger partial charge < -0.3 is 10.8 Å². The van der Waals surface area contributed by atoms with Crippen LogP contribution >= 0.6 is 0 Å². The van der Waals surface area contributed by atoms with Crippen LogP contribution in [0.25, 0.3) is 16.6 Å². The van der Waals surface area contributed by atoms with Crippen molar-refractivity contribution in [3.05, 3.63) is 36.0 Å². The maximum Gasteiger partial charge on any atom is 0.145 e. The number of benzene rings is 1. The molecule has 0 amide bonds. The summed E-state index contributed by atoms with van der Waals surface area (Å²) in [7, 11) is 0. The Kier molecular flexibility index (Phi) is 2.37. The molecule has 0 aliphatic heterocycles. The second-order valence-corrected chi connectivity index (χ2v) is 4.44. The van der Waals surface area contributed by atoms with Gasteiger partial charge in [-0.25, -0.2) is 4.98 Å². The number of hydrogen-bond acceptors (Lipinski definition) is 3. The van der Waals surface area contributed by atoms with Crippen LogP contribution in [0.5, 0.6) is 5.75 Å². The Balaban J connectivity index is 2.51. The zero-order valence-corrected chi connectivity index (χ0v) is 10.2. The molecule has 0 saturated carbocycles. The Labute approximate surface area is 105 Å². The standard InChI is InChI=1S/C14H15N3O/c1-2-4-10-14(15)16-12-8-7-9-5-3-6-11(18)13(9)17(10)12/h3,5-8,18H,2,4,15H2,1H3. The zero-order chi connectivity index (χ0) is 12.7. The van der Waals surface area contributed by atoms with Gasteiger partial charge in [-0.1, -0.05) is 25.5 Å². The van der Waals surface area contributed by atoms with Crippen LogP contribution in [0.2, 0.25) is 0 Å². The van der Waals surface area contributed by atoms with Gasteiger partial charge in [0, 0.05) is 5.39 Å². The number of rotatable bonds is 2. The minimum Gasteiger partial charge on any atom is -0.506 e. The van der Waals surface area contributed by atoms with Crippen molar-refractivity contribution < 1.29 is 5.11 Å². The molecular formula is C14H15N3O. The lowest BCUT2D eigenvalue weighted by atomic mass is 10.2. The van der Waals surface area contributed by atoms with Crippen molar-refractivity contribution >= 4 is 22.4 Å². The summed E-state index contributed by atoms with van der Waals surface area (Å²) in [6.45, 7) is 2.10. The molecule has 4 nitrogen and oxygen atoms in total. The van der Waals surface area contributed by atoms with E-state index in [1.54, 1.807) is 6.07 Å². The van der Waals surface area contributed by atoms with Crippen LogP contribution in [0.1, 0.15) is 19.0 Å². The van der Waals surface area contributed by atoms with Crippen LogP contribution in [-0.2, 0) is 6.42 Å². The summed E-state index contributed by atoms with van der Waals surface area (Å²) in [6.07, 6.45) is 1.84. The maximum atomic E-state index is 10.1. The number of imidazole rings is 1. The average molecular weight is 241 g/mol. The van der Waals surface area contributed by atoms with E-state index in [-0.39, 0.29) is 5.75 Å². The molecule has 0 fully saturated rings. The predicted molar refractivity (Wildman–Crippen MR) is 72.8 cm³/mol. The van der Waals surface area contributed by atoms with Gasteiger partial charge in [0.05, 0.1) is 11.2 Å². The molecule has 3 aromatic rings. The average Bonchev–Trinajstić information content (AvgIpc) is 2.67. The van der Waals surface area contributed by atoms with Crippen molar-refractivity contribution in [2.75, 3.05) is 5.73 Å². The van der Waals surface area contributed by atoms with Gasteiger partial charge >= 0.3 is 0 Å². The number of anilines is 1. The fourth-order valence-corrected chi connectivity index (χ4v) is 2.42. The van der Waals surface area contributed by atoms with Crippen molar-refractivity contribution in [2.24, 2.45) is 0 Å². The SMILES string of the molecule is CCCc1c(N)nc2ccc3cccc(O)c3n12. The highest BCUT2D eigenvalue weighted by Gasteiger charge is 2.13. The van der Waals surface area contributed by atoms with E-state index < -0.39 is 0 Å². The number of para-hydroxylation sites is 1.